The van der Waals surface area contributed by atoms with E-state index >= 15 is 0 Å². The first-order valence-electron chi connectivity index (χ1n) is 9.78. The first kappa shape index (κ1) is 19.9. The summed E-state index contributed by atoms with van der Waals surface area (Å²) in [5, 5.41) is 5.79. The van der Waals surface area contributed by atoms with Crippen molar-refractivity contribution in [3.63, 3.8) is 0 Å². The van der Waals surface area contributed by atoms with E-state index in [2.05, 4.69) is 17.6 Å². The topological polar surface area (TPSA) is 70.7 Å². The molecule has 1 aliphatic rings. The zero-order valence-electron chi connectivity index (χ0n) is 16.2. The molecular formula is C22H27N3O3. The summed E-state index contributed by atoms with van der Waals surface area (Å²) < 4.78 is 5.39. The van der Waals surface area contributed by atoms with Crippen molar-refractivity contribution in [3.05, 3.63) is 60.2 Å². The van der Waals surface area contributed by atoms with Crippen LogP contribution in [0.3, 0.4) is 0 Å². The number of anilines is 2. The Kier molecular flexibility index (Phi) is 7.03. The van der Waals surface area contributed by atoms with E-state index in [1.54, 1.807) is 29.2 Å². The maximum atomic E-state index is 12.7. The van der Waals surface area contributed by atoms with Gasteiger partial charge in [-0.15, -0.1) is 0 Å². The van der Waals surface area contributed by atoms with Gasteiger partial charge in [-0.3, -0.25) is 4.79 Å². The van der Waals surface area contributed by atoms with Gasteiger partial charge < -0.3 is 20.3 Å². The zero-order valence-corrected chi connectivity index (χ0v) is 16.2. The van der Waals surface area contributed by atoms with Crippen LogP contribution in [0, 0.1) is 0 Å². The van der Waals surface area contributed by atoms with E-state index in [0.29, 0.717) is 31.1 Å². The van der Waals surface area contributed by atoms with Crippen LogP contribution in [0.1, 0.15) is 31.7 Å². The van der Waals surface area contributed by atoms with Crippen molar-refractivity contribution in [1.82, 2.24) is 4.90 Å². The van der Waals surface area contributed by atoms with E-state index in [1.807, 2.05) is 30.3 Å². The van der Waals surface area contributed by atoms with Crippen LogP contribution in [0.2, 0.25) is 0 Å². The Bertz CT molecular complexity index is 771. The van der Waals surface area contributed by atoms with Crippen LogP contribution >= 0.6 is 0 Å². The fourth-order valence-corrected chi connectivity index (χ4v) is 3.17. The number of hydrogen-bond donors (Lipinski definition) is 2. The molecule has 2 N–H and O–H groups in total. The lowest BCUT2D eigenvalue weighted by Gasteiger charge is -2.23. The lowest BCUT2D eigenvalue weighted by Crippen LogP contribution is -2.35. The number of carbonyl (C=O) groups excluding carboxylic acids is 2. The molecule has 0 unspecified atom stereocenters. The minimum Gasteiger partial charge on any atom is -0.368 e. The predicted octanol–water partition coefficient (Wildman–Crippen LogP) is 4.25. The number of nitrogens with one attached hydrogen (secondary N) is 2. The quantitative estimate of drug-likeness (QED) is 0.753. The molecule has 3 rings (SSSR count). The molecule has 6 nitrogen and oxygen atoms in total. The molecule has 0 radical (unpaired) electrons. The van der Waals surface area contributed by atoms with Crippen LogP contribution in [0.25, 0.3) is 0 Å². The summed E-state index contributed by atoms with van der Waals surface area (Å²) in [5.74, 6) is -0.119. The Hall–Kier alpha value is -2.86. The summed E-state index contributed by atoms with van der Waals surface area (Å²) in [6, 6.07) is 16.9. The summed E-state index contributed by atoms with van der Waals surface area (Å²) >= 11 is 0. The number of rotatable bonds is 7. The van der Waals surface area contributed by atoms with Crippen LogP contribution in [0.5, 0.6) is 0 Å². The average molecular weight is 381 g/mol. The Morgan fingerprint density at radius 2 is 1.71 bits per heavy atom. The monoisotopic (exact) mass is 381 g/mol. The predicted molar refractivity (Wildman–Crippen MR) is 110 cm³/mol. The molecule has 0 aliphatic carbocycles. The summed E-state index contributed by atoms with van der Waals surface area (Å²) in [5.41, 5.74) is 2.47. The second-order valence-corrected chi connectivity index (χ2v) is 6.91. The van der Waals surface area contributed by atoms with Gasteiger partial charge in [-0.1, -0.05) is 37.3 Å². The van der Waals surface area contributed by atoms with Gasteiger partial charge in [0, 0.05) is 31.1 Å². The van der Waals surface area contributed by atoms with Crippen molar-refractivity contribution < 1.29 is 14.3 Å². The molecule has 0 saturated carbocycles. The molecule has 3 amide bonds. The third-order valence-electron chi connectivity index (χ3n) is 4.62. The van der Waals surface area contributed by atoms with Gasteiger partial charge >= 0.3 is 6.03 Å². The highest BCUT2D eigenvalue weighted by Crippen LogP contribution is 2.18. The minimum atomic E-state index is -0.361. The molecule has 0 spiro atoms. The Labute approximate surface area is 165 Å². The van der Waals surface area contributed by atoms with Crippen LogP contribution in [0.4, 0.5) is 16.2 Å². The molecule has 0 aromatic heterocycles. The van der Waals surface area contributed by atoms with Crippen molar-refractivity contribution in [1.29, 1.82) is 0 Å². The molecule has 28 heavy (non-hydrogen) atoms. The second-order valence-electron chi connectivity index (χ2n) is 6.91. The van der Waals surface area contributed by atoms with E-state index in [-0.39, 0.29) is 18.0 Å². The molecule has 148 valence electrons. The zero-order chi connectivity index (χ0) is 19.8. The van der Waals surface area contributed by atoms with E-state index in [9.17, 15) is 9.59 Å². The van der Waals surface area contributed by atoms with Crippen LogP contribution < -0.4 is 10.6 Å². The molecule has 2 aromatic rings. The van der Waals surface area contributed by atoms with Gasteiger partial charge in [0.15, 0.2) is 0 Å². The van der Waals surface area contributed by atoms with Gasteiger partial charge in [0.2, 0.25) is 0 Å². The molecule has 1 fully saturated rings. The fraction of sp³-hybridized carbons (Fsp3) is 0.364. The smallest absolute Gasteiger partial charge is 0.322 e. The van der Waals surface area contributed by atoms with Crippen molar-refractivity contribution in [2.45, 2.75) is 38.8 Å². The number of hydrogen-bond acceptors (Lipinski definition) is 3. The second kappa shape index (κ2) is 9.90. The lowest BCUT2D eigenvalue weighted by molar-refractivity contribution is -0.124. The third-order valence-corrected chi connectivity index (χ3v) is 4.62. The molecule has 1 heterocycles. The normalized spacial score (nSPS) is 15.8. The number of nitrogens with zero attached hydrogens (tertiary/aromatic N) is 1. The number of ether oxygens (including phenoxy) is 1. The minimum absolute atomic E-state index is 0.119. The summed E-state index contributed by atoms with van der Waals surface area (Å²) in [4.78, 5) is 26.6. The van der Waals surface area contributed by atoms with Crippen molar-refractivity contribution in [2.24, 2.45) is 0 Å². The number of carbonyl (C=O) groups is 2. The molecule has 1 aliphatic heterocycles. The summed E-state index contributed by atoms with van der Waals surface area (Å²) in [6.45, 7) is 3.93. The van der Waals surface area contributed by atoms with E-state index in [0.717, 1.165) is 24.8 Å². The highest BCUT2D eigenvalue weighted by Gasteiger charge is 2.23. The highest BCUT2D eigenvalue weighted by atomic mass is 16.5. The van der Waals surface area contributed by atoms with Gasteiger partial charge in [0.1, 0.15) is 6.10 Å². The van der Waals surface area contributed by atoms with Gasteiger partial charge in [0.05, 0.1) is 0 Å². The SMILES string of the molecule is CCCN(Cc1ccccc1)C(=O)Nc1ccc(NC(=O)[C@H]2CCCO2)cc1. The number of urea groups is 1. The Morgan fingerprint density at radius 3 is 2.32 bits per heavy atom. The van der Waals surface area contributed by atoms with Crippen LogP contribution in [0.15, 0.2) is 54.6 Å². The third kappa shape index (κ3) is 5.57. The number of benzene rings is 2. The standard InChI is InChI=1S/C22H27N3O3/c1-2-14-25(16-17-7-4-3-5-8-17)22(27)24-19-12-10-18(11-13-19)23-21(26)20-9-6-15-28-20/h3-5,7-8,10-13,20H,2,6,9,14-16H2,1H3,(H,23,26)(H,24,27)/t20-/m1/s1. The Morgan fingerprint density at radius 1 is 1.04 bits per heavy atom. The van der Waals surface area contributed by atoms with E-state index in [4.69, 9.17) is 4.74 Å². The maximum absolute atomic E-state index is 12.7. The molecule has 6 heteroatoms. The van der Waals surface area contributed by atoms with Crippen LogP contribution in [-0.4, -0.2) is 36.1 Å². The van der Waals surface area contributed by atoms with E-state index in [1.165, 1.54) is 0 Å². The van der Waals surface area contributed by atoms with Crippen molar-refractivity contribution >= 4 is 23.3 Å². The van der Waals surface area contributed by atoms with Gasteiger partial charge in [0.25, 0.3) is 5.91 Å². The van der Waals surface area contributed by atoms with Crippen molar-refractivity contribution in [2.75, 3.05) is 23.8 Å². The lowest BCUT2D eigenvalue weighted by atomic mass is 10.2. The van der Waals surface area contributed by atoms with Crippen molar-refractivity contribution in [3.8, 4) is 0 Å². The largest absolute Gasteiger partial charge is 0.368 e. The molecule has 1 atom stereocenters. The molecule has 2 aromatic carbocycles. The average Bonchev–Trinajstić information content (AvgIpc) is 3.25. The molecule has 1 saturated heterocycles. The number of amides is 3. The summed E-state index contributed by atoms with van der Waals surface area (Å²) in [7, 11) is 0. The highest BCUT2D eigenvalue weighted by molar-refractivity contribution is 5.95. The fourth-order valence-electron chi connectivity index (χ4n) is 3.17. The summed E-state index contributed by atoms with van der Waals surface area (Å²) in [6.07, 6.45) is 2.20. The van der Waals surface area contributed by atoms with Gasteiger partial charge in [-0.2, -0.15) is 0 Å². The molecular weight excluding hydrogens is 354 g/mol. The first-order chi connectivity index (χ1) is 13.7. The van der Waals surface area contributed by atoms with Gasteiger partial charge in [-0.05, 0) is 49.1 Å². The molecule has 0 bridgehead atoms. The first-order valence-corrected chi connectivity index (χ1v) is 9.78. The van der Waals surface area contributed by atoms with Crippen LogP contribution in [-0.2, 0) is 16.1 Å². The van der Waals surface area contributed by atoms with E-state index < -0.39 is 0 Å². The maximum Gasteiger partial charge on any atom is 0.322 e. The Balaban J connectivity index is 1.56. The van der Waals surface area contributed by atoms with Gasteiger partial charge in [-0.25, -0.2) is 4.79 Å².